The quantitative estimate of drug-likeness (QED) is 0.273. The number of ketones is 2. The van der Waals surface area contributed by atoms with Crippen LogP contribution in [0.4, 0.5) is 0 Å². The van der Waals surface area contributed by atoms with Crippen LogP contribution in [0.2, 0.25) is 5.02 Å². The lowest BCUT2D eigenvalue weighted by molar-refractivity contribution is -0.117. The first-order chi connectivity index (χ1) is 20.0. The second-order valence-corrected chi connectivity index (χ2v) is 11.5. The molecule has 1 heterocycles. The van der Waals surface area contributed by atoms with E-state index < -0.39 is 5.92 Å². The Labute approximate surface area is 246 Å². The lowest BCUT2D eigenvalue weighted by atomic mass is 9.71. The van der Waals surface area contributed by atoms with Crippen molar-refractivity contribution in [2.45, 2.75) is 71.3 Å². The van der Waals surface area contributed by atoms with Crippen molar-refractivity contribution >= 4 is 33.9 Å². The van der Waals surface area contributed by atoms with Crippen molar-refractivity contribution in [1.82, 2.24) is 4.90 Å². The number of hydrogen-bond donors (Lipinski definition) is 0. The molecule has 0 spiro atoms. The summed E-state index contributed by atoms with van der Waals surface area (Å²) in [5.74, 6) is 0.835. The van der Waals surface area contributed by atoms with Gasteiger partial charge in [-0.1, -0.05) is 61.0 Å². The molecule has 0 radical (unpaired) electrons. The van der Waals surface area contributed by atoms with Crippen molar-refractivity contribution in [1.29, 1.82) is 0 Å². The molecule has 0 amide bonds. The average Bonchev–Trinajstić information content (AvgIpc) is 2.97. The number of hydrogen-bond acceptors (Lipinski definition) is 5. The fourth-order valence-electron chi connectivity index (χ4n) is 6.77. The van der Waals surface area contributed by atoms with Gasteiger partial charge in [0.05, 0.1) is 11.6 Å². The lowest BCUT2D eigenvalue weighted by Gasteiger charge is -2.44. The zero-order chi connectivity index (χ0) is 28.5. The number of carbonyl (C=O) groups is 2. The van der Waals surface area contributed by atoms with E-state index in [1.54, 1.807) is 0 Å². The van der Waals surface area contributed by atoms with E-state index >= 15 is 0 Å². The minimum atomic E-state index is -0.433. The van der Waals surface area contributed by atoms with Gasteiger partial charge >= 0.3 is 0 Å². The van der Waals surface area contributed by atoms with Gasteiger partial charge in [-0.05, 0) is 73.1 Å². The highest BCUT2D eigenvalue weighted by Gasteiger charge is 2.43. The molecule has 0 aromatic heterocycles. The van der Waals surface area contributed by atoms with Crippen molar-refractivity contribution < 1.29 is 19.1 Å². The lowest BCUT2D eigenvalue weighted by Crippen LogP contribution is -2.39. The Morgan fingerprint density at radius 3 is 2.22 bits per heavy atom. The molecule has 0 N–H and O–H groups in total. The Morgan fingerprint density at radius 2 is 1.54 bits per heavy atom. The van der Waals surface area contributed by atoms with E-state index in [-0.39, 0.29) is 11.6 Å². The molecular weight excluding hydrogens is 534 g/mol. The molecule has 5 nitrogen and oxygen atoms in total. The number of ether oxygens (including phenoxy) is 2. The molecule has 3 aromatic rings. The van der Waals surface area contributed by atoms with Crippen LogP contribution >= 0.6 is 11.6 Å². The maximum Gasteiger partial charge on any atom is 0.180 e. The fourth-order valence-corrected chi connectivity index (χ4v) is 7.04. The Balaban J connectivity index is 1.44. The topological polar surface area (TPSA) is 55.8 Å². The Kier molecular flexibility index (Phi) is 7.90. The van der Waals surface area contributed by atoms with Gasteiger partial charge in [0.2, 0.25) is 0 Å². The van der Waals surface area contributed by atoms with Crippen LogP contribution in [0.1, 0.15) is 75.8 Å². The van der Waals surface area contributed by atoms with Gasteiger partial charge in [-0.3, -0.25) is 9.59 Å². The first-order valence-electron chi connectivity index (χ1n) is 14.9. The van der Waals surface area contributed by atoms with E-state index in [4.69, 9.17) is 21.1 Å². The minimum absolute atomic E-state index is 0.132. The third kappa shape index (κ3) is 5.05. The highest BCUT2D eigenvalue weighted by atomic mass is 35.5. The van der Waals surface area contributed by atoms with Gasteiger partial charge in [-0.2, -0.15) is 0 Å². The standard InChI is InChI=1S/C35H36ClNO4/c1-3-18-37-27-14-8-16-29(38)33(27)32(34-28(37)15-9-17-30(34)39)24-19-26(36)35(31(20-24)40-4-2)41-21-23-12-7-11-22-10-5-6-13-25(22)23/h5-7,10-13,19-20,32H,3-4,8-9,14-18,21H2,1-2H3. The summed E-state index contributed by atoms with van der Waals surface area (Å²) in [4.78, 5) is 29.4. The van der Waals surface area contributed by atoms with Crippen LogP contribution in [-0.2, 0) is 16.2 Å². The molecule has 0 unspecified atom stereocenters. The van der Waals surface area contributed by atoms with E-state index in [9.17, 15) is 9.59 Å². The van der Waals surface area contributed by atoms with E-state index in [0.29, 0.717) is 42.6 Å². The summed E-state index contributed by atoms with van der Waals surface area (Å²) >= 11 is 6.96. The maximum atomic E-state index is 13.6. The Morgan fingerprint density at radius 1 is 0.854 bits per heavy atom. The van der Waals surface area contributed by atoms with Gasteiger partial charge in [0.1, 0.15) is 6.61 Å². The molecule has 0 atom stereocenters. The monoisotopic (exact) mass is 569 g/mol. The highest BCUT2D eigenvalue weighted by Crippen LogP contribution is 2.51. The molecule has 6 rings (SSSR count). The van der Waals surface area contributed by atoms with Crippen LogP contribution < -0.4 is 9.47 Å². The predicted molar refractivity (Wildman–Crippen MR) is 162 cm³/mol. The first kappa shape index (κ1) is 27.6. The number of Topliss-reactive ketones (excluding diaryl/α,β-unsaturated/α-hetero) is 2. The average molecular weight is 570 g/mol. The van der Waals surface area contributed by atoms with E-state index in [2.05, 4.69) is 36.1 Å². The molecule has 0 saturated carbocycles. The summed E-state index contributed by atoms with van der Waals surface area (Å²) < 4.78 is 12.4. The van der Waals surface area contributed by atoms with E-state index in [0.717, 1.165) is 83.1 Å². The van der Waals surface area contributed by atoms with Crippen LogP contribution in [0, 0.1) is 0 Å². The number of allylic oxidation sites excluding steroid dienone is 4. The SMILES string of the molecule is CCCN1C2=C(C(=O)CCC2)C(c2cc(Cl)c(OCc3cccc4ccccc34)c(OCC)c2)C2=C1CCCC2=O. The van der Waals surface area contributed by atoms with Crippen LogP contribution in [0.25, 0.3) is 10.8 Å². The Hall–Kier alpha value is -3.57. The van der Waals surface area contributed by atoms with Crippen molar-refractivity contribution in [2.24, 2.45) is 0 Å². The van der Waals surface area contributed by atoms with Gasteiger partial charge < -0.3 is 14.4 Å². The molecule has 212 valence electrons. The van der Waals surface area contributed by atoms with E-state index in [1.807, 2.05) is 37.3 Å². The largest absolute Gasteiger partial charge is 0.490 e. The second-order valence-electron chi connectivity index (χ2n) is 11.0. The van der Waals surface area contributed by atoms with Crippen LogP contribution in [0.15, 0.2) is 77.1 Å². The highest BCUT2D eigenvalue weighted by molar-refractivity contribution is 6.32. The van der Waals surface area contributed by atoms with Crippen molar-refractivity contribution in [3.05, 3.63) is 93.3 Å². The number of nitrogens with zero attached hydrogens (tertiary/aromatic N) is 1. The summed E-state index contributed by atoms with van der Waals surface area (Å²) in [7, 11) is 0. The minimum Gasteiger partial charge on any atom is -0.490 e. The molecule has 2 aliphatic carbocycles. The molecule has 0 saturated heterocycles. The first-order valence-corrected chi connectivity index (χ1v) is 15.2. The molecule has 3 aromatic carbocycles. The fraction of sp³-hybridized carbons (Fsp3) is 0.371. The molecule has 41 heavy (non-hydrogen) atoms. The number of benzene rings is 3. The molecule has 3 aliphatic rings. The number of halogens is 1. The van der Waals surface area contributed by atoms with Gasteiger partial charge in [0.25, 0.3) is 0 Å². The summed E-state index contributed by atoms with van der Waals surface area (Å²) in [6.45, 7) is 5.65. The zero-order valence-corrected chi connectivity index (χ0v) is 24.6. The summed E-state index contributed by atoms with van der Waals surface area (Å²) in [6.07, 6.45) is 5.33. The molecule has 6 heteroatoms. The number of carbonyl (C=O) groups excluding carboxylic acids is 2. The maximum absolute atomic E-state index is 13.6. The van der Waals surface area contributed by atoms with Gasteiger partial charge in [-0.15, -0.1) is 0 Å². The number of rotatable bonds is 8. The van der Waals surface area contributed by atoms with E-state index in [1.165, 1.54) is 0 Å². The molecule has 0 bridgehead atoms. The van der Waals surface area contributed by atoms with Crippen molar-refractivity contribution in [3.8, 4) is 11.5 Å². The van der Waals surface area contributed by atoms with Gasteiger partial charge in [-0.25, -0.2) is 0 Å². The summed E-state index contributed by atoms with van der Waals surface area (Å²) in [6, 6.07) is 18.2. The van der Waals surface area contributed by atoms with Gasteiger partial charge in [0.15, 0.2) is 23.1 Å². The van der Waals surface area contributed by atoms with Gasteiger partial charge in [0, 0.05) is 47.8 Å². The normalized spacial score (nSPS) is 17.7. The van der Waals surface area contributed by atoms with Crippen LogP contribution in [0.3, 0.4) is 0 Å². The second kappa shape index (κ2) is 11.7. The third-order valence-electron chi connectivity index (χ3n) is 8.45. The van der Waals surface area contributed by atoms with Crippen molar-refractivity contribution in [3.63, 3.8) is 0 Å². The zero-order valence-electron chi connectivity index (χ0n) is 23.8. The third-order valence-corrected chi connectivity index (χ3v) is 8.73. The molecule has 0 fully saturated rings. The van der Waals surface area contributed by atoms with Crippen molar-refractivity contribution in [2.75, 3.05) is 13.2 Å². The van der Waals surface area contributed by atoms with Crippen LogP contribution in [-0.4, -0.2) is 29.6 Å². The number of fused-ring (bicyclic) bond motifs is 1. The summed E-state index contributed by atoms with van der Waals surface area (Å²) in [5.41, 5.74) is 5.58. The Bertz CT molecular complexity index is 1540. The molecule has 1 aliphatic heterocycles. The predicted octanol–water partition coefficient (Wildman–Crippen LogP) is 8.29. The summed E-state index contributed by atoms with van der Waals surface area (Å²) in [5, 5.41) is 2.69. The van der Waals surface area contributed by atoms with Crippen LogP contribution in [0.5, 0.6) is 11.5 Å². The smallest absolute Gasteiger partial charge is 0.180 e. The molecular formula is C35H36ClNO4.